The quantitative estimate of drug-likeness (QED) is 0.790. The van der Waals surface area contributed by atoms with Crippen LogP contribution in [0.5, 0.6) is 0 Å². The summed E-state index contributed by atoms with van der Waals surface area (Å²) >= 11 is 6.06. The Kier molecular flexibility index (Phi) is 3.39. The van der Waals surface area contributed by atoms with Gasteiger partial charge in [-0.05, 0) is 30.4 Å². The molecule has 0 amide bonds. The lowest BCUT2D eigenvalue weighted by Crippen LogP contribution is -2.36. The summed E-state index contributed by atoms with van der Waals surface area (Å²) in [6.07, 6.45) is 3.43. The van der Waals surface area contributed by atoms with Crippen LogP contribution in [0.25, 0.3) is 0 Å². The van der Waals surface area contributed by atoms with Gasteiger partial charge < -0.3 is 10.2 Å². The number of hydrogen-bond acceptors (Lipinski definition) is 4. The SMILES string of the molecule is CC1CCN(c2nc(Cl)nc3c2CNCC3)CC1. The van der Waals surface area contributed by atoms with Crippen molar-refractivity contribution in [3.63, 3.8) is 0 Å². The lowest BCUT2D eigenvalue weighted by atomic mass is 9.98. The molecule has 0 bridgehead atoms. The van der Waals surface area contributed by atoms with E-state index in [4.69, 9.17) is 11.6 Å². The second-order valence-electron chi connectivity index (χ2n) is 5.34. The van der Waals surface area contributed by atoms with Gasteiger partial charge in [0.1, 0.15) is 5.82 Å². The largest absolute Gasteiger partial charge is 0.356 e. The highest BCUT2D eigenvalue weighted by atomic mass is 35.5. The van der Waals surface area contributed by atoms with Crippen LogP contribution < -0.4 is 10.2 Å². The number of hydrogen-bond donors (Lipinski definition) is 1. The van der Waals surface area contributed by atoms with E-state index in [0.29, 0.717) is 5.28 Å². The van der Waals surface area contributed by atoms with Crippen molar-refractivity contribution in [2.45, 2.75) is 32.7 Å². The highest BCUT2D eigenvalue weighted by Gasteiger charge is 2.23. The molecule has 18 heavy (non-hydrogen) atoms. The molecule has 2 aliphatic heterocycles. The molecule has 0 saturated carbocycles. The zero-order valence-corrected chi connectivity index (χ0v) is 11.5. The minimum absolute atomic E-state index is 0.393. The maximum atomic E-state index is 6.06. The number of halogens is 1. The number of rotatable bonds is 1. The fraction of sp³-hybridized carbons (Fsp3) is 0.692. The Morgan fingerprint density at radius 1 is 1.28 bits per heavy atom. The number of fused-ring (bicyclic) bond motifs is 1. The minimum atomic E-state index is 0.393. The lowest BCUT2D eigenvalue weighted by Gasteiger charge is -2.33. The Morgan fingerprint density at radius 2 is 2.06 bits per heavy atom. The summed E-state index contributed by atoms with van der Waals surface area (Å²) in [5.74, 6) is 1.89. The number of anilines is 1. The molecule has 0 unspecified atom stereocenters. The fourth-order valence-electron chi connectivity index (χ4n) is 2.78. The van der Waals surface area contributed by atoms with E-state index < -0.39 is 0 Å². The predicted molar refractivity (Wildman–Crippen MR) is 73.1 cm³/mol. The maximum Gasteiger partial charge on any atom is 0.224 e. The molecule has 0 aromatic carbocycles. The molecule has 5 heteroatoms. The van der Waals surface area contributed by atoms with Crippen LogP contribution in [0.4, 0.5) is 5.82 Å². The molecule has 1 aromatic heterocycles. The molecular formula is C13H19ClN4. The van der Waals surface area contributed by atoms with E-state index in [1.807, 2.05) is 0 Å². The van der Waals surface area contributed by atoms with Crippen molar-refractivity contribution >= 4 is 17.4 Å². The van der Waals surface area contributed by atoms with Crippen LogP contribution in [0, 0.1) is 5.92 Å². The molecule has 0 radical (unpaired) electrons. The first kappa shape index (κ1) is 12.2. The number of nitrogens with zero attached hydrogens (tertiary/aromatic N) is 3. The Morgan fingerprint density at radius 3 is 2.83 bits per heavy atom. The van der Waals surface area contributed by atoms with E-state index in [1.54, 1.807) is 0 Å². The van der Waals surface area contributed by atoms with Gasteiger partial charge in [-0.1, -0.05) is 6.92 Å². The van der Waals surface area contributed by atoms with Crippen LogP contribution in [0.1, 0.15) is 31.0 Å². The molecule has 1 fully saturated rings. The van der Waals surface area contributed by atoms with Gasteiger partial charge >= 0.3 is 0 Å². The van der Waals surface area contributed by atoms with Gasteiger partial charge in [-0.2, -0.15) is 0 Å². The van der Waals surface area contributed by atoms with Gasteiger partial charge in [-0.25, -0.2) is 9.97 Å². The van der Waals surface area contributed by atoms with E-state index in [0.717, 1.165) is 50.0 Å². The summed E-state index contributed by atoms with van der Waals surface area (Å²) in [6.45, 7) is 6.34. The normalized spacial score (nSPS) is 20.9. The Bertz CT molecular complexity index is 441. The van der Waals surface area contributed by atoms with E-state index >= 15 is 0 Å². The third-order valence-corrected chi connectivity index (χ3v) is 4.14. The van der Waals surface area contributed by atoms with Gasteiger partial charge in [-0.3, -0.25) is 0 Å². The van der Waals surface area contributed by atoms with E-state index in [1.165, 1.54) is 18.4 Å². The standard InChI is InChI=1S/C13H19ClN4/c1-9-3-6-18(7-4-9)12-10-8-15-5-2-11(10)16-13(14)17-12/h9,15H,2-8H2,1H3. The van der Waals surface area contributed by atoms with Gasteiger partial charge in [0.05, 0.1) is 5.69 Å². The molecule has 0 aliphatic carbocycles. The van der Waals surface area contributed by atoms with Crippen molar-refractivity contribution < 1.29 is 0 Å². The molecule has 98 valence electrons. The van der Waals surface area contributed by atoms with Crippen LogP contribution in [0.3, 0.4) is 0 Å². The van der Waals surface area contributed by atoms with Gasteiger partial charge in [0.25, 0.3) is 0 Å². The first-order chi connectivity index (χ1) is 8.74. The predicted octanol–water partition coefficient (Wildman–Crippen LogP) is 2.01. The minimum Gasteiger partial charge on any atom is -0.356 e. The molecule has 1 aromatic rings. The summed E-state index contributed by atoms with van der Waals surface area (Å²) < 4.78 is 0. The molecule has 3 rings (SSSR count). The van der Waals surface area contributed by atoms with E-state index in [2.05, 4.69) is 27.1 Å². The fourth-order valence-corrected chi connectivity index (χ4v) is 2.96. The second-order valence-corrected chi connectivity index (χ2v) is 5.68. The van der Waals surface area contributed by atoms with Crippen LogP contribution in [-0.4, -0.2) is 29.6 Å². The van der Waals surface area contributed by atoms with Gasteiger partial charge in [0.2, 0.25) is 5.28 Å². The van der Waals surface area contributed by atoms with Crippen molar-refractivity contribution in [3.05, 3.63) is 16.5 Å². The Labute approximate surface area is 113 Å². The van der Waals surface area contributed by atoms with Crippen molar-refractivity contribution in [1.82, 2.24) is 15.3 Å². The Balaban J connectivity index is 1.93. The molecule has 2 aliphatic rings. The van der Waals surface area contributed by atoms with Gasteiger partial charge in [0.15, 0.2) is 0 Å². The highest BCUT2D eigenvalue weighted by Crippen LogP contribution is 2.28. The summed E-state index contributed by atoms with van der Waals surface area (Å²) in [5.41, 5.74) is 2.38. The van der Waals surface area contributed by atoms with Crippen LogP contribution in [0.15, 0.2) is 0 Å². The number of nitrogens with one attached hydrogen (secondary N) is 1. The first-order valence-electron chi connectivity index (χ1n) is 6.75. The molecule has 1 saturated heterocycles. The Hall–Kier alpha value is -0.870. The van der Waals surface area contributed by atoms with Crippen molar-refractivity contribution in [3.8, 4) is 0 Å². The van der Waals surface area contributed by atoms with Crippen molar-refractivity contribution in [2.75, 3.05) is 24.5 Å². The molecular weight excluding hydrogens is 248 g/mol. The second kappa shape index (κ2) is 5.02. The zero-order chi connectivity index (χ0) is 12.5. The number of piperidine rings is 1. The summed E-state index contributed by atoms with van der Waals surface area (Å²) in [5, 5.41) is 3.79. The summed E-state index contributed by atoms with van der Waals surface area (Å²) in [4.78, 5) is 11.2. The van der Waals surface area contributed by atoms with Crippen molar-refractivity contribution in [2.24, 2.45) is 5.92 Å². The monoisotopic (exact) mass is 266 g/mol. The average molecular weight is 267 g/mol. The lowest BCUT2D eigenvalue weighted by molar-refractivity contribution is 0.435. The topological polar surface area (TPSA) is 41.1 Å². The zero-order valence-electron chi connectivity index (χ0n) is 10.7. The van der Waals surface area contributed by atoms with Crippen LogP contribution in [-0.2, 0) is 13.0 Å². The third kappa shape index (κ3) is 2.31. The average Bonchev–Trinajstić information content (AvgIpc) is 2.38. The summed E-state index contributed by atoms with van der Waals surface area (Å²) in [6, 6.07) is 0. The van der Waals surface area contributed by atoms with Gasteiger partial charge in [0, 0.05) is 38.2 Å². The number of aromatic nitrogens is 2. The van der Waals surface area contributed by atoms with E-state index in [-0.39, 0.29) is 0 Å². The van der Waals surface area contributed by atoms with Gasteiger partial charge in [-0.15, -0.1) is 0 Å². The molecule has 0 atom stereocenters. The van der Waals surface area contributed by atoms with E-state index in [9.17, 15) is 0 Å². The smallest absolute Gasteiger partial charge is 0.224 e. The molecule has 4 nitrogen and oxygen atoms in total. The van der Waals surface area contributed by atoms with Crippen molar-refractivity contribution in [1.29, 1.82) is 0 Å². The molecule has 1 N–H and O–H groups in total. The molecule has 3 heterocycles. The summed E-state index contributed by atoms with van der Waals surface area (Å²) in [7, 11) is 0. The highest BCUT2D eigenvalue weighted by molar-refractivity contribution is 6.28. The molecule has 0 spiro atoms. The maximum absolute atomic E-state index is 6.06. The van der Waals surface area contributed by atoms with Crippen LogP contribution in [0.2, 0.25) is 5.28 Å². The third-order valence-electron chi connectivity index (χ3n) is 3.97. The van der Waals surface area contributed by atoms with Crippen LogP contribution >= 0.6 is 11.6 Å². The first-order valence-corrected chi connectivity index (χ1v) is 7.13.